The van der Waals surface area contributed by atoms with E-state index in [0.29, 0.717) is 29.6 Å². The molecule has 0 unspecified atom stereocenters. The first-order chi connectivity index (χ1) is 16.6. The first-order valence-electron chi connectivity index (χ1n) is 10.8. The number of rotatable bonds is 9. The van der Waals surface area contributed by atoms with Gasteiger partial charge in [-0.2, -0.15) is 0 Å². The predicted molar refractivity (Wildman–Crippen MR) is 128 cm³/mol. The van der Waals surface area contributed by atoms with Crippen molar-refractivity contribution in [1.82, 2.24) is 24.3 Å². The molecule has 0 saturated heterocycles. The highest BCUT2D eigenvalue weighted by Gasteiger charge is 2.20. The third-order valence-corrected chi connectivity index (χ3v) is 6.60. The minimum Gasteiger partial charge on any atom is -0.467 e. The van der Waals surface area contributed by atoms with Crippen LogP contribution in [0.2, 0.25) is 0 Å². The highest BCUT2D eigenvalue weighted by Crippen LogP contribution is 2.26. The second-order valence-electron chi connectivity index (χ2n) is 7.88. The lowest BCUT2D eigenvalue weighted by molar-refractivity contribution is 0.102. The number of aromatic nitrogens is 5. The minimum absolute atomic E-state index is 0.0410. The van der Waals surface area contributed by atoms with Crippen LogP contribution in [0, 0.1) is 13.8 Å². The van der Waals surface area contributed by atoms with Crippen molar-refractivity contribution in [3.63, 3.8) is 0 Å². The first kappa shape index (κ1) is 22.0. The average Bonchev–Trinajstić information content (AvgIpc) is 3.65. The van der Waals surface area contributed by atoms with Crippen molar-refractivity contribution in [1.29, 1.82) is 0 Å². The Balaban J connectivity index is 1.37. The topological polar surface area (TPSA) is 91.9 Å². The molecule has 0 fully saturated rings. The Morgan fingerprint density at radius 3 is 2.35 bits per heavy atom. The van der Waals surface area contributed by atoms with Crippen LogP contribution in [0.25, 0.3) is 11.4 Å². The van der Waals surface area contributed by atoms with Crippen molar-refractivity contribution >= 4 is 17.5 Å². The van der Waals surface area contributed by atoms with Crippen molar-refractivity contribution in [2.75, 3.05) is 5.75 Å². The summed E-state index contributed by atoms with van der Waals surface area (Å²) in [6.07, 6.45) is 6.76. The van der Waals surface area contributed by atoms with Crippen LogP contribution in [-0.4, -0.2) is 35.9 Å². The summed E-state index contributed by atoms with van der Waals surface area (Å²) >= 11 is 1.37. The number of hydrogen-bond donors (Lipinski definition) is 0. The number of nitrogens with zero attached hydrogens (tertiary/aromatic N) is 5. The third-order valence-electron chi connectivity index (χ3n) is 5.63. The standard InChI is InChI=1S/C25H23N5O3S/c1-17-12-22(18(2)29(17)14-20-7-4-10-32-20)23(31)16-34-25-28-27-24(19-6-3-9-26-13-19)30(25)15-21-8-5-11-33-21/h3-13H,14-16H2,1-2H3. The third kappa shape index (κ3) is 4.47. The second-order valence-corrected chi connectivity index (χ2v) is 8.82. The van der Waals surface area contributed by atoms with Gasteiger partial charge in [-0.25, -0.2) is 0 Å². The molecular formula is C25H23N5O3S. The maximum Gasteiger partial charge on any atom is 0.192 e. The molecular weight excluding hydrogens is 450 g/mol. The van der Waals surface area contributed by atoms with Gasteiger partial charge in [0.15, 0.2) is 16.8 Å². The lowest BCUT2D eigenvalue weighted by atomic mass is 10.2. The molecule has 5 aromatic heterocycles. The van der Waals surface area contributed by atoms with Crippen molar-refractivity contribution in [3.05, 3.63) is 95.9 Å². The highest BCUT2D eigenvalue weighted by atomic mass is 32.2. The quantitative estimate of drug-likeness (QED) is 0.219. The van der Waals surface area contributed by atoms with Crippen LogP contribution in [-0.2, 0) is 13.1 Å². The van der Waals surface area contributed by atoms with Crippen molar-refractivity contribution < 1.29 is 13.6 Å². The van der Waals surface area contributed by atoms with Crippen molar-refractivity contribution in [2.24, 2.45) is 0 Å². The van der Waals surface area contributed by atoms with E-state index >= 15 is 0 Å². The molecule has 34 heavy (non-hydrogen) atoms. The van der Waals surface area contributed by atoms with Crippen LogP contribution in [0.1, 0.15) is 33.3 Å². The van der Waals surface area contributed by atoms with Crippen LogP contribution in [0.5, 0.6) is 0 Å². The monoisotopic (exact) mass is 473 g/mol. The summed E-state index contributed by atoms with van der Waals surface area (Å²) in [4.78, 5) is 17.4. The number of thioether (sulfide) groups is 1. The fourth-order valence-corrected chi connectivity index (χ4v) is 4.72. The number of furan rings is 2. The van der Waals surface area contributed by atoms with Gasteiger partial charge in [0.05, 0.1) is 31.4 Å². The van der Waals surface area contributed by atoms with Gasteiger partial charge in [-0.1, -0.05) is 11.8 Å². The molecule has 0 aliphatic rings. The van der Waals surface area contributed by atoms with Crippen LogP contribution in [0.15, 0.2) is 81.4 Å². The predicted octanol–water partition coefficient (Wildman–Crippen LogP) is 5.02. The van der Waals surface area contributed by atoms with Crippen LogP contribution >= 0.6 is 11.8 Å². The SMILES string of the molecule is Cc1cc(C(=O)CSc2nnc(-c3cccnc3)n2Cc2ccco2)c(C)n1Cc1ccco1. The van der Waals surface area contributed by atoms with E-state index in [1.165, 1.54) is 11.8 Å². The normalized spacial score (nSPS) is 11.2. The lowest BCUT2D eigenvalue weighted by Gasteiger charge is -2.09. The van der Waals surface area contributed by atoms with Crippen LogP contribution in [0.4, 0.5) is 0 Å². The van der Waals surface area contributed by atoms with Crippen molar-refractivity contribution in [2.45, 2.75) is 32.1 Å². The second kappa shape index (κ2) is 9.56. The van der Waals surface area contributed by atoms with E-state index in [1.807, 2.05) is 60.9 Å². The van der Waals surface area contributed by atoms with E-state index in [-0.39, 0.29) is 11.5 Å². The zero-order chi connectivity index (χ0) is 23.5. The van der Waals surface area contributed by atoms with Gasteiger partial charge in [0.1, 0.15) is 11.5 Å². The number of aryl methyl sites for hydroxylation is 1. The molecule has 8 nitrogen and oxygen atoms in total. The Labute approximate surface area is 200 Å². The minimum atomic E-state index is 0.0410. The van der Waals surface area contributed by atoms with E-state index < -0.39 is 0 Å². The van der Waals surface area contributed by atoms with E-state index in [0.717, 1.165) is 28.5 Å². The Hall–Kier alpha value is -3.85. The molecule has 5 rings (SSSR count). The summed E-state index contributed by atoms with van der Waals surface area (Å²) in [5.74, 6) is 2.59. The molecule has 0 amide bonds. The molecule has 172 valence electrons. The average molecular weight is 474 g/mol. The van der Waals surface area contributed by atoms with Crippen molar-refractivity contribution in [3.8, 4) is 11.4 Å². The summed E-state index contributed by atoms with van der Waals surface area (Å²) in [5, 5.41) is 9.40. The Bertz CT molecular complexity index is 1390. The molecule has 0 aromatic carbocycles. The summed E-state index contributed by atoms with van der Waals surface area (Å²) in [7, 11) is 0. The molecule has 0 saturated carbocycles. The summed E-state index contributed by atoms with van der Waals surface area (Å²) < 4.78 is 15.1. The fourth-order valence-electron chi connectivity index (χ4n) is 3.90. The van der Waals surface area contributed by atoms with Gasteiger partial charge in [-0.15, -0.1) is 10.2 Å². The Kier molecular flexibility index (Phi) is 6.18. The number of carbonyl (C=O) groups is 1. The van der Waals surface area contributed by atoms with Gasteiger partial charge >= 0.3 is 0 Å². The van der Waals surface area contributed by atoms with Gasteiger partial charge in [-0.3, -0.25) is 14.3 Å². The molecule has 0 aliphatic heterocycles. The highest BCUT2D eigenvalue weighted by molar-refractivity contribution is 7.99. The number of carbonyl (C=O) groups excluding carboxylic acids is 1. The largest absolute Gasteiger partial charge is 0.467 e. The fraction of sp³-hybridized carbons (Fsp3) is 0.200. The number of Topliss-reactive ketones (excluding diaryl/α,β-unsaturated/α-hetero) is 1. The molecule has 5 heterocycles. The summed E-state index contributed by atoms with van der Waals surface area (Å²) in [5.41, 5.74) is 3.50. The molecule has 0 bridgehead atoms. The Morgan fingerprint density at radius 1 is 0.971 bits per heavy atom. The van der Waals surface area contributed by atoms with Gasteiger partial charge in [0.2, 0.25) is 0 Å². The Morgan fingerprint density at radius 2 is 1.71 bits per heavy atom. The molecule has 5 aromatic rings. The summed E-state index contributed by atoms with van der Waals surface area (Å²) in [6, 6.07) is 13.3. The maximum atomic E-state index is 13.2. The van der Waals surface area contributed by atoms with Gasteiger partial charge in [0.25, 0.3) is 0 Å². The smallest absolute Gasteiger partial charge is 0.192 e. The van der Waals surface area contributed by atoms with E-state index in [9.17, 15) is 4.79 Å². The number of pyridine rings is 1. The molecule has 0 atom stereocenters. The summed E-state index contributed by atoms with van der Waals surface area (Å²) in [6.45, 7) is 5.02. The van der Waals surface area contributed by atoms with E-state index in [1.54, 1.807) is 24.9 Å². The van der Waals surface area contributed by atoms with Gasteiger partial charge in [0, 0.05) is 34.9 Å². The first-order valence-corrected chi connectivity index (χ1v) is 11.8. The molecule has 0 spiro atoms. The number of hydrogen-bond acceptors (Lipinski definition) is 7. The van der Waals surface area contributed by atoms with E-state index in [4.69, 9.17) is 8.83 Å². The maximum absolute atomic E-state index is 13.2. The van der Waals surface area contributed by atoms with Gasteiger partial charge in [-0.05, 0) is 56.3 Å². The zero-order valence-corrected chi connectivity index (χ0v) is 19.7. The number of ketones is 1. The molecule has 9 heteroatoms. The lowest BCUT2D eigenvalue weighted by Crippen LogP contribution is -2.09. The molecule has 0 aliphatic carbocycles. The molecule has 0 N–H and O–H groups in total. The zero-order valence-electron chi connectivity index (χ0n) is 18.8. The van der Waals surface area contributed by atoms with Crippen LogP contribution < -0.4 is 0 Å². The van der Waals surface area contributed by atoms with Crippen LogP contribution in [0.3, 0.4) is 0 Å². The van der Waals surface area contributed by atoms with Gasteiger partial charge < -0.3 is 13.4 Å². The van der Waals surface area contributed by atoms with E-state index in [2.05, 4.69) is 19.7 Å². The molecule has 0 radical (unpaired) electrons.